The van der Waals surface area contributed by atoms with Crippen molar-refractivity contribution in [1.82, 2.24) is 10.6 Å². The van der Waals surface area contributed by atoms with Gasteiger partial charge in [0.15, 0.2) is 5.96 Å². The third-order valence-electron chi connectivity index (χ3n) is 4.22. The fourth-order valence-electron chi connectivity index (χ4n) is 3.81. The van der Waals surface area contributed by atoms with Gasteiger partial charge in [0, 0.05) is 19.6 Å². The molecule has 1 heterocycles. The third kappa shape index (κ3) is 4.18. The molecule has 0 amide bonds. The lowest BCUT2D eigenvalue weighted by Gasteiger charge is -2.39. The summed E-state index contributed by atoms with van der Waals surface area (Å²) in [6, 6.07) is 0. The molecule has 2 N–H and O–H groups in total. The number of guanidine groups is 1. The summed E-state index contributed by atoms with van der Waals surface area (Å²) in [5, 5.41) is 6.77. The Bertz CT molecular complexity index is 296. The third-order valence-corrected chi connectivity index (χ3v) is 4.22. The van der Waals surface area contributed by atoms with E-state index in [-0.39, 0.29) is 0 Å². The van der Waals surface area contributed by atoms with Crippen LogP contribution in [0.15, 0.2) is 4.99 Å². The van der Waals surface area contributed by atoms with Crippen LogP contribution in [-0.4, -0.2) is 25.6 Å². The molecule has 3 heteroatoms. The number of nitrogens with one attached hydrogen (secondary N) is 2. The van der Waals surface area contributed by atoms with Gasteiger partial charge in [0.25, 0.3) is 0 Å². The van der Waals surface area contributed by atoms with E-state index in [2.05, 4.69) is 36.4 Å². The molecule has 0 bridgehead atoms. The number of hydrogen-bond donors (Lipinski definition) is 2. The Morgan fingerprint density at radius 2 is 2.22 bits per heavy atom. The summed E-state index contributed by atoms with van der Waals surface area (Å²) in [5.41, 5.74) is 0.545. The summed E-state index contributed by atoms with van der Waals surface area (Å²) in [5.74, 6) is 2.80. The van der Waals surface area contributed by atoms with Crippen molar-refractivity contribution in [3.63, 3.8) is 0 Å². The molecule has 2 aliphatic rings. The Hall–Kier alpha value is -0.730. The zero-order valence-corrected chi connectivity index (χ0v) is 12.3. The Morgan fingerprint density at radius 3 is 2.89 bits per heavy atom. The van der Waals surface area contributed by atoms with Crippen LogP contribution in [0.4, 0.5) is 0 Å². The van der Waals surface area contributed by atoms with E-state index in [4.69, 9.17) is 0 Å². The summed E-state index contributed by atoms with van der Waals surface area (Å²) in [6.07, 6.45) is 6.64. The smallest absolute Gasteiger partial charge is 0.191 e. The van der Waals surface area contributed by atoms with Gasteiger partial charge in [0.1, 0.15) is 0 Å². The van der Waals surface area contributed by atoms with Crippen LogP contribution < -0.4 is 10.6 Å². The van der Waals surface area contributed by atoms with Crippen molar-refractivity contribution in [3.8, 4) is 0 Å². The predicted octanol–water partition coefficient (Wildman–Crippen LogP) is 2.78. The van der Waals surface area contributed by atoms with Gasteiger partial charge in [-0.2, -0.15) is 0 Å². The standard InChI is InChI=1S/C15H29N3/c1-12-9-13(11-15(2,3)10-12)5-8-18-14-16-6-4-7-17-14/h12-13H,4-11H2,1-3H3,(H2,16,17,18). The average molecular weight is 251 g/mol. The second-order valence-electron chi connectivity index (χ2n) is 7.01. The Balaban J connectivity index is 1.71. The van der Waals surface area contributed by atoms with E-state index in [1.54, 1.807) is 0 Å². The van der Waals surface area contributed by atoms with Crippen LogP contribution in [0.2, 0.25) is 0 Å². The molecule has 2 unspecified atom stereocenters. The monoisotopic (exact) mass is 251 g/mol. The second-order valence-corrected chi connectivity index (χ2v) is 7.01. The van der Waals surface area contributed by atoms with Gasteiger partial charge in [-0.25, -0.2) is 0 Å². The molecule has 0 radical (unpaired) electrons. The van der Waals surface area contributed by atoms with E-state index in [9.17, 15) is 0 Å². The molecule has 18 heavy (non-hydrogen) atoms. The summed E-state index contributed by atoms with van der Waals surface area (Å²) in [7, 11) is 0. The maximum atomic E-state index is 4.45. The zero-order valence-electron chi connectivity index (χ0n) is 12.3. The van der Waals surface area contributed by atoms with Gasteiger partial charge in [-0.05, 0) is 49.4 Å². The van der Waals surface area contributed by atoms with E-state index >= 15 is 0 Å². The first kappa shape index (κ1) is 13.7. The lowest BCUT2D eigenvalue weighted by Crippen LogP contribution is -2.41. The predicted molar refractivity (Wildman–Crippen MR) is 77.8 cm³/mol. The fourth-order valence-corrected chi connectivity index (χ4v) is 3.81. The fraction of sp³-hybridized carbons (Fsp3) is 0.933. The zero-order chi connectivity index (χ0) is 13.0. The lowest BCUT2D eigenvalue weighted by atomic mass is 9.67. The minimum absolute atomic E-state index is 0.545. The number of nitrogens with zero attached hydrogens (tertiary/aromatic N) is 1. The van der Waals surface area contributed by atoms with E-state index in [1.165, 1.54) is 32.1 Å². The van der Waals surface area contributed by atoms with E-state index < -0.39 is 0 Å². The van der Waals surface area contributed by atoms with Gasteiger partial charge >= 0.3 is 0 Å². The topological polar surface area (TPSA) is 36.4 Å². The normalized spacial score (nSPS) is 31.4. The second kappa shape index (κ2) is 5.94. The van der Waals surface area contributed by atoms with Crippen molar-refractivity contribution in [2.24, 2.45) is 22.2 Å². The molecule has 0 saturated heterocycles. The quantitative estimate of drug-likeness (QED) is 0.809. The highest BCUT2D eigenvalue weighted by Crippen LogP contribution is 2.42. The molecule has 1 aliphatic heterocycles. The average Bonchev–Trinajstić information content (AvgIpc) is 2.27. The van der Waals surface area contributed by atoms with Crippen LogP contribution in [-0.2, 0) is 0 Å². The number of rotatable bonds is 3. The summed E-state index contributed by atoms with van der Waals surface area (Å²) in [4.78, 5) is 4.45. The number of hydrogen-bond acceptors (Lipinski definition) is 3. The molecule has 0 aromatic rings. The minimum Gasteiger partial charge on any atom is -0.356 e. The van der Waals surface area contributed by atoms with E-state index in [0.29, 0.717) is 5.41 Å². The molecule has 3 nitrogen and oxygen atoms in total. The largest absolute Gasteiger partial charge is 0.356 e. The van der Waals surface area contributed by atoms with Gasteiger partial charge < -0.3 is 10.6 Å². The van der Waals surface area contributed by atoms with Crippen molar-refractivity contribution in [3.05, 3.63) is 0 Å². The molecule has 2 rings (SSSR count). The molecule has 0 aromatic carbocycles. The molecular weight excluding hydrogens is 222 g/mol. The van der Waals surface area contributed by atoms with Crippen LogP contribution in [0.5, 0.6) is 0 Å². The molecular formula is C15H29N3. The van der Waals surface area contributed by atoms with Gasteiger partial charge in [0.2, 0.25) is 0 Å². The highest BCUT2D eigenvalue weighted by Gasteiger charge is 2.31. The summed E-state index contributed by atoms with van der Waals surface area (Å²) >= 11 is 0. The molecule has 1 fully saturated rings. The summed E-state index contributed by atoms with van der Waals surface area (Å²) in [6.45, 7) is 10.4. The van der Waals surface area contributed by atoms with Crippen molar-refractivity contribution >= 4 is 5.96 Å². The highest BCUT2D eigenvalue weighted by molar-refractivity contribution is 5.80. The molecule has 2 atom stereocenters. The first-order valence-electron chi connectivity index (χ1n) is 7.57. The number of aliphatic imine (C=N–C) groups is 1. The maximum absolute atomic E-state index is 4.45. The van der Waals surface area contributed by atoms with Crippen LogP contribution in [0.1, 0.15) is 52.9 Å². The molecule has 1 saturated carbocycles. The first-order valence-corrected chi connectivity index (χ1v) is 7.57. The summed E-state index contributed by atoms with van der Waals surface area (Å²) < 4.78 is 0. The van der Waals surface area contributed by atoms with Gasteiger partial charge in [-0.3, -0.25) is 4.99 Å². The van der Waals surface area contributed by atoms with Crippen LogP contribution in [0, 0.1) is 17.3 Å². The molecule has 1 aliphatic carbocycles. The van der Waals surface area contributed by atoms with Crippen molar-refractivity contribution in [1.29, 1.82) is 0 Å². The Kier molecular flexibility index (Phi) is 4.52. The molecule has 104 valence electrons. The molecule has 0 aromatic heterocycles. The maximum Gasteiger partial charge on any atom is 0.191 e. The van der Waals surface area contributed by atoms with Crippen molar-refractivity contribution < 1.29 is 0 Å². The Morgan fingerprint density at radius 1 is 1.39 bits per heavy atom. The van der Waals surface area contributed by atoms with Gasteiger partial charge in [0.05, 0.1) is 0 Å². The van der Waals surface area contributed by atoms with Crippen molar-refractivity contribution in [2.45, 2.75) is 52.9 Å². The van der Waals surface area contributed by atoms with E-state index in [0.717, 1.165) is 37.4 Å². The van der Waals surface area contributed by atoms with Gasteiger partial charge in [-0.15, -0.1) is 0 Å². The van der Waals surface area contributed by atoms with Crippen LogP contribution in [0.3, 0.4) is 0 Å². The molecule has 0 spiro atoms. The lowest BCUT2D eigenvalue weighted by molar-refractivity contribution is 0.128. The van der Waals surface area contributed by atoms with Crippen molar-refractivity contribution in [2.75, 3.05) is 19.6 Å². The highest BCUT2D eigenvalue weighted by atomic mass is 15.2. The SMILES string of the molecule is CC1CC(CCNC2=NCCCN2)CC(C)(C)C1. The van der Waals surface area contributed by atoms with Crippen LogP contribution in [0.25, 0.3) is 0 Å². The minimum atomic E-state index is 0.545. The van der Waals surface area contributed by atoms with Crippen LogP contribution >= 0.6 is 0 Å². The first-order chi connectivity index (χ1) is 8.55. The Labute approximate surface area is 112 Å². The van der Waals surface area contributed by atoms with Gasteiger partial charge in [-0.1, -0.05) is 20.8 Å². The van der Waals surface area contributed by atoms with E-state index in [1.807, 2.05) is 0 Å².